The van der Waals surface area contributed by atoms with Crippen LogP contribution in [-0.2, 0) is 11.2 Å². The minimum Gasteiger partial charge on any atom is -0.361 e. The van der Waals surface area contributed by atoms with Crippen molar-refractivity contribution >= 4 is 50.9 Å². The molecule has 0 aliphatic rings. The maximum absolute atomic E-state index is 13.3. The Balaban J connectivity index is 1.38. The first-order valence-electron chi connectivity index (χ1n) is 10.8. The molecular formula is C25H21ClN6O2. The van der Waals surface area contributed by atoms with Crippen LogP contribution in [0.1, 0.15) is 41.4 Å². The number of ketones is 1. The zero-order chi connectivity index (χ0) is 23.8. The fourth-order valence-corrected chi connectivity index (χ4v) is 4.20. The van der Waals surface area contributed by atoms with Crippen LogP contribution in [0.4, 0.5) is 5.69 Å². The number of anilines is 1. The van der Waals surface area contributed by atoms with Crippen molar-refractivity contribution in [1.82, 2.24) is 24.5 Å². The molecule has 4 heterocycles. The number of nitrogens with one attached hydrogen (secondary N) is 2. The molecule has 0 bridgehead atoms. The van der Waals surface area contributed by atoms with E-state index in [1.807, 2.05) is 30.5 Å². The van der Waals surface area contributed by atoms with Crippen LogP contribution >= 0.6 is 11.6 Å². The number of aromatic amines is 1. The van der Waals surface area contributed by atoms with Crippen molar-refractivity contribution in [3.8, 4) is 0 Å². The SMILES string of the molecule is CC(C)n1cc(C(=O)c2cncc(NC(=O)Cc3c[nH]c4ccc(Cl)cc34)c2)c2cncnc21. The number of hydrogen-bond donors (Lipinski definition) is 2. The quantitative estimate of drug-likeness (QED) is 0.340. The number of amides is 1. The maximum atomic E-state index is 13.3. The van der Waals surface area contributed by atoms with Gasteiger partial charge in [-0.15, -0.1) is 0 Å². The van der Waals surface area contributed by atoms with E-state index < -0.39 is 0 Å². The molecule has 8 nitrogen and oxygen atoms in total. The number of nitrogens with zero attached hydrogens (tertiary/aromatic N) is 4. The zero-order valence-electron chi connectivity index (χ0n) is 18.5. The first-order valence-corrected chi connectivity index (χ1v) is 11.1. The third kappa shape index (κ3) is 4.04. The topological polar surface area (TPSA) is 106 Å². The van der Waals surface area contributed by atoms with Crippen molar-refractivity contribution in [2.24, 2.45) is 0 Å². The molecular weight excluding hydrogens is 452 g/mol. The summed E-state index contributed by atoms with van der Waals surface area (Å²) in [6.45, 7) is 4.05. The highest BCUT2D eigenvalue weighted by Crippen LogP contribution is 2.26. The summed E-state index contributed by atoms with van der Waals surface area (Å²) < 4.78 is 1.94. The number of hydrogen-bond acceptors (Lipinski definition) is 5. The van der Waals surface area contributed by atoms with E-state index in [1.54, 1.807) is 30.7 Å². The van der Waals surface area contributed by atoms with Gasteiger partial charge in [-0.25, -0.2) is 9.97 Å². The van der Waals surface area contributed by atoms with E-state index in [2.05, 4.69) is 25.3 Å². The van der Waals surface area contributed by atoms with Gasteiger partial charge < -0.3 is 14.9 Å². The number of H-pyrrole nitrogens is 1. The Hall–Kier alpha value is -4.04. The molecule has 0 spiro atoms. The van der Waals surface area contributed by atoms with Crippen LogP contribution in [0.25, 0.3) is 21.9 Å². The second-order valence-electron chi connectivity index (χ2n) is 8.32. The van der Waals surface area contributed by atoms with Gasteiger partial charge in [-0.1, -0.05) is 11.6 Å². The zero-order valence-corrected chi connectivity index (χ0v) is 19.3. The molecule has 34 heavy (non-hydrogen) atoms. The smallest absolute Gasteiger partial charge is 0.228 e. The lowest BCUT2D eigenvalue weighted by Crippen LogP contribution is -2.15. The first kappa shape index (κ1) is 21.8. The average molecular weight is 473 g/mol. The second-order valence-corrected chi connectivity index (χ2v) is 8.76. The monoisotopic (exact) mass is 472 g/mol. The van der Waals surface area contributed by atoms with E-state index in [4.69, 9.17) is 11.6 Å². The van der Waals surface area contributed by atoms with Crippen LogP contribution in [0.2, 0.25) is 5.02 Å². The van der Waals surface area contributed by atoms with Gasteiger partial charge in [0.05, 0.1) is 23.9 Å². The number of halogens is 1. The third-order valence-corrected chi connectivity index (χ3v) is 5.89. The normalized spacial score (nSPS) is 11.4. The highest BCUT2D eigenvalue weighted by Gasteiger charge is 2.20. The lowest BCUT2D eigenvalue weighted by atomic mass is 10.1. The third-order valence-electron chi connectivity index (χ3n) is 5.66. The highest BCUT2D eigenvalue weighted by atomic mass is 35.5. The number of carbonyl (C=O) groups is 2. The minimum absolute atomic E-state index is 0.127. The van der Waals surface area contributed by atoms with Gasteiger partial charge in [0, 0.05) is 57.7 Å². The summed E-state index contributed by atoms with van der Waals surface area (Å²) >= 11 is 6.10. The molecule has 5 aromatic rings. The van der Waals surface area contributed by atoms with Crippen molar-refractivity contribution < 1.29 is 9.59 Å². The number of aromatic nitrogens is 5. The molecule has 1 amide bonds. The van der Waals surface area contributed by atoms with Gasteiger partial charge in [-0.3, -0.25) is 14.6 Å². The lowest BCUT2D eigenvalue weighted by Gasteiger charge is -2.07. The van der Waals surface area contributed by atoms with E-state index in [1.165, 1.54) is 18.7 Å². The van der Waals surface area contributed by atoms with Crippen molar-refractivity contribution in [3.63, 3.8) is 0 Å². The Labute approximate surface area is 200 Å². The van der Waals surface area contributed by atoms with E-state index in [9.17, 15) is 9.59 Å². The highest BCUT2D eigenvalue weighted by molar-refractivity contribution is 6.31. The van der Waals surface area contributed by atoms with Gasteiger partial charge in [0.25, 0.3) is 0 Å². The summed E-state index contributed by atoms with van der Waals surface area (Å²) in [5.74, 6) is -0.439. The molecule has 2 N–H and O–H groups in total. The van der Waals surface area contributed by atoms with E-state index >= 15 is 0 Å². The molecule has 0 saturated heterocycles. The van der Waals surface area contributed by atoms with Gasteiger partial charge in [0.15, 0.2) is 5.78 Å². The molecule has 4 aromatic heterocycles. The van der Waals surface area contributed by atoms with Crippen LogP contribution in [0.3, 0.4) is 0 Å². The predicted octanol–water partition coefficient (Wildman–Crippen LogP) is 4.95. The molecule has 0 radical (unpaired) electrons. The Morgan fingerprint density at radius 1 is 1.12 bits per heavy atom. The molecule has 0 atom stereocenters. The molecule has 0 aliphatic heterocycles. The summed E-state index contributed by atoms with van der Waals surface area (Å²) in [7, 11) is 0. The molecule has 0 unspecified atom stereocenters. The van der Waals surface area contributed by atoms with E-state index in [-0.39, 0.29) is 24.2 Å². The van der Waals surface area contributed by atoms with Crippen LogP contribution < -0.4 is 5.32 Å². The molecule has 1 aromatic carbocycles. The van der Waals surface area contributed by atoms with Crippen molar-refractivity contribution in [2.75, 3.05) is 5.32 Å². The maximum Gasteiger partial charge on any atom is 0.228 e. The van der Waals surface area contributed by atoms with Gasteiger partial charge >= 0.3 is 0 Å². The minimum atomic E-state index is -0.225. The fourth-order valence-electron chi connectivity index (χ4n) is 4.03. The standard InChI is InChI=1S/C25H21ClN6O2/c1-14(2)32-12-21(20-11-28-13-30-25(20)32)24(34)16-5-18(10-27-8-16)31-23(33)6-15-9-29-22-4-3-17(26)7-19(15)22/h3-5,7-14,29H,6H2,1-2H3,(H,31,33). The summed E-state index contributed by atoms with van der Waals surface area (Å²) in [6.07, 6.45) is 9.85. The second kappa shape index (κ2) is 8.72. The molecule has 9 heteroatoms. The van der Waals surface area contributed by atoms with Crippen molar-refractivity contribution in [1.29, 1.82) is 0 Å². The Bertz CT molecular complexity index is 1550. The molecule has 170 valence electrons. The first-order chi connectivity index (χ1) is 16.4. The van der Waals surface area contributed by atoms with Crippen molar-refractivity contribution in [3.05, 3.63) is 83.3 Å². The van der Waals surface area contributed by atoms with Crippen LogP contribution in [-0.4, -0.2) is 36.2 Å². The van der Waals surface area contributed by atoms with Gasteiger partial charge in [0.2, 0.25) is 5.91 Å². The summed E-state index contributed by atoms with van der Waals surface area (Å²) in [5, 5.41) is 5.01. The number of pyridine rings is 1. The predicted molar refractivity (Wildman–Crippen MR) is 131 cm³/mol. The molecule has 5 rings (SSSR count). The molecule has 0 aliphatic carbocycles. The van der Waals surface area contributed by atoms with Gasteiger partial charge in [-0.2, -0.15) is 0 Å². The Morgan fingerprint density at radius 3 is 2.79 bits per heavy atom. The van der Waals surface area contributed by atoms with Crippen LogP contribution in [0, 0.1) is 0 Å². The average Bonchev–Trinajstić information content (AvgIpc) is 3.40. The molecule has 0 fully saturated rings. The Kier molecular flexibility index (Phi) is 5.59. The largest absolute Gasteiger partial charge is 0.361 e. The molecule has 0 saturated carbocycles. The van der Waals surface area contributed by atoms with Gasteiger partial charge in [0.1, 0.15) is 12.0 Å². The van der Waals surface area contributed by atoms with Crippen LogP contribution in [0.5, 0.6) is 0 Å². The summed E-state index contributed by atoms with van der Waals surface area (Å²) in [4.78, 5) is 41.8. The number of carbonyl (C=O) groups excluding carboxylic acids is 2. The van der Waals surface area contributed by atoms with Crippen molar-refractivity contribution in [2.45, 2.75) is 26.3 Å². The summed E-state index contributed by atoms with van der Waals surface area (Å²) in [5.41, 5.74) is 3.73. The van der Waals surface area contributed by atoms with Crippen LogP contribution in [0.15, 0.2) is 61.6 Å². The fraction of sp³-hybridized carbons (Fsp3) is 0.160. The number of rotatable bonds is 6. The number of benzene rings is 1. The van der Waals surface area contributed by atoms with Gasteiger partial charge in [-0.05, 0) is 43.7 Å². The number of fused-ring (bicyclic) bond motifs is 2. The lowest BCUT2D eigenvalue weighted by molar-refractivity contribution is -0.115. The van der Waals surface area contributed by atoms with E-state index in [0.29, 0.717) is 32.9 Å². The van der Waals surface area contributed by atoms with E-state index in [0.717, 1.165) is 16.5 Å². The Morgan fingerprint density at radius 2 is 1.97 bits per heavy atom. The summed E-state index contributed by atoms with van der Waals surface area (Å²) in [6, 6.07) is 7.25.